The summed E-state index contributed by atoms with van der Waals surface area (Å²) in [6, 6.07) is 3.73. The number of hydrogen-bond donors (Lipinski definition) is 0. The number of hydrogen-bond acceptors (Lipinski definition) is 3. The quantitative estimate of drug-likeness (QED) is 0.548. The lowest BCUT2D eigenvalue weighted by molar-refractivity contribution is 0.104. The van der Waals surface area contributed by atoms with Gasteiger partial charge in [-0.3, -0.25) is 4.79 Å². The standard InChI is InChI=1S/C10H5Br3OS2/c1-4-5(2-8(12)15-4)9(14)7-3-6(11)10(13)16-7/h2-3H,1H3. The average molecular weight is 445 g/mol. The number of aryl methyl sites for hydroxylation is 1. The minimum atomic E-state index is 0.0795. The molecule has 2 rings (SSSR count). The second-order valence-corrected chi connectivity index (χ2v) is 8.94. The van der Waals surface area contributed by atoms with Crippen LogP contribution in [0.3, 0.4) is 0 Å². The van der Waals surface area contributed by atoms with Crippen molar-refractivity contribution in [3.05, 3.63) is 39.5 Å². The van der Waals surface area contributed by atoms with Gasteiger partial charge in [0.1, 0.15) is 0 Å². The fourth-order valence-electron chi connectivity index (χ4n) is 1.26. The summed E-state index contributed by atoms with van der Waals surface area (Å²) in [4.78, 5) is 14.0. The summed E-state index contributed by atoms with van der Waals surface area (Å²) in [5.74, 6) is 0.0795. The fourth-order valence-corrected chi connectivity index (χ4v) is 4.94. The highest BCUT2D eigenvalue weighted by molar-refractivity contribution is 9.13. The number of carbonyl (C=O) groups excluding carboxylic acids is 1. The Kier molecular flexibility index (Phi) is 4.06. The van der Waals surface area contributed by atoms with E-state index in [9.17, 15) is 4.79 Å². The van der Waals surface area contributed by atoms with E-state index in [-0.39, 0.29) is 5.78 Å². The first kappa shape index (κ1) is 13.0. The zero-order valence-corrected chi connectivity index (χ0v) is 14.4. The molecule has 0 aliphatic heterocycles. The van der Waals surface area contributed by atoms with E-state index in [2.05, 4.69) is 47.8 Å². The van der Waals surface area contributed by atoms with Gasteiger partial charge in [-0.25, -0.2) is 0 Å². The first-order valence-corrected chi connectivity index (χ1v) is 8.25. The van der Waals surface area contributed by atoms with E-state index in [4.69, 9.17) is 0 Å². The minimum absolute atomic E-state index is 0.0795. The Morgan fingerprint density at radius 1 is 1.19 bits per heavy atom. The van der Waals surface area contributed by atoms with Gasteiger partial charge < -0.3 is 0 Å². The molecule has 84 valence electrons. The van der Waals surface area contributed by atoms with Crippen molar-refractivity contribution in [1.29, 1.82) is 0 Å². The number of thiophene rings is 2. The molecule has 2 aromatic rings. The Hall–Kier alpha value is 0.510. The molecule has 6 heteroatoms. The van der Waals surface area contributed by atoms with Crippen molar-refractivity contribution < 1.29 is 4.79 Å². The number of halogens is 3. The largest absolute Gasteiger partial charge is 0.288 e. The molecule has 0 atom stereocenters. The van der Waals surface area contributed by atoms with Crippen LogP contribution in [0.15, 0.2) is 24.2 Å². The van der Waals surface area contributed by atoms with Gasteiger partial charge in [-0.15, -0.1) is 22.7 Å². The van der Waals surface area contributed by atoms with Crippen molar-refractivity contribution in [1.82, 2.24) is 0 Å². The number of carbonyl (C=O) groups is 1. The van der Waals surface area contributed by atoms with Crippen molar-refractivity contribution in [2.75, 3.05) is 0 Å². The van der Waals surface area contributed by atoms with Gasteiger partial charge in [0, 0.05) is 14.9 Å². The van der Waals surface area contributed by atoms with Crippen molar-refractivity contribution in [2.24, 2.45) is 0 Å². The topological polar surface area (TPSA) is 17.1 Å². The van der Waals surface area contributed by atoms with Gasteiger partial charge in [-0.2, -0.15) is 0 Å². The molecule has 0 N–H and O–H groups in total. The van der Waals surface area contributed by atoms with E-state index < -0.39 is 0 Å². The SMILES string of the molecule is Cc1sc(Br)cc1C(=O)c1cc(Br)c(Br)s1. The van der Waals surface area contributed by atoms with Crippen molar-refractivity contribution in [3.63, 3.8) is 0 Å². The van der Waals surface area contributed by atoms with Crippen LogP contribution in [0.4, 0.5) is 0 Å². The van der Waals surface area contributed by atoms with Gasteiger partial charge in [-0.1, -0.05) is 0 Å². The van der Waals surface area contributed by atoms with Crippen LogP contribution in [0, 0.1) is 6.92 Å². The molecule has 2 heterocycles. The maximum Gasteiger partial charge on any atom is 0.204 e. The minimum Gasteiger partial charge on any atom is -0.288 e. The Bertz CT molecular complexity index is 537. The number of rotatable bonds is 2. The molecule has 1 nitrogen and oxygen atoms in total. The third kappa shape index (κ3) is 2.51. The predicted molar refractivity (Wildman–Crippen MR) is 79.9 cm³/mol. The molecule has 0 fully saturated rings. The van der Waals surface area contributed by atoms with Gasteiger partial charge in [0.2, 0.25) is 5.78 Å². The van der Waals surface area contributed by atoms with E-state index in [1.165, 1.54) is 11.3 Å². The van der Waals surface area contributed by atoms with Gasteiger partial charge >= 0.3 is 0 Å². The molecule has 0 aliphatic carbocycles. The van der Waals surface area contributed by atoms with Crippen LogP contribution >= 0.6 is 70.5 Å². The second kappa shape index (κ2) is 5.02. The first-order valence-electron chi connectivity index (χ1n) is 4.24. The van der Waals surface area contributed by atoms with Gasteiger partial charge in [0.05, 0.1) is 12.4 Å². The van der Waals surface area contributed by atoms with Crippen molar-refractivity contribution in [2.45, 2.75) is 6.92 Å². The van der Waals surface area contributed by atoms with Crippen LogP contribution in [-0.4, -0.2) is 5.78 Å². The molecular weight excluding hydrogens is 440 g/mol. The Morgan fingerprint density at radius 2 is 1.88 bits per heavy atom. The van der Waals surface area contributed by atoms with Crippen LogP contribution in [0.1, 0.15) is 20.1 Å². The maximum absolute atomic E-state index is 12.2. The lowest BCUT2D eigenvalue weighted by Crippen LogP contribution is -1.97. The van der Waals surface area contributed by atoms with Crippen LogP contribution < -0.4 is 0 Å². The molecule has 2 aromatic heterocycles. The van der Waals surface area contributed by atoms with E-state index in [1.54, 1.807) is 11.3 Å². The lowest BCUT2D eigenvalue weighted by atomic mass is 10.1. The molecule has 0 saturated heterocycles. The number of ketones is 1. The molecule has 0 amide bonds. The summed E-state index contributed by atoms with van der Waals surface area (Å²) in [5.41, 5.74) is 0.776. The highest BCUT2D eigenvalue weighted by Crippen LogP contribution is 2.35. The monoisotopic (exact) mass is 442 g/mol. The smallest absolute Gasteiger partial charge is 0.204 e. The van der Waals surface area contributed by atoms with Gasteiger partial charge in [-0.05, 0) is 66.8 Å². The van der Waals surface area contributed by atoms with Crippen LogP contribution in [0.25, 0.3) is 0 Å². The van der Waals surface area contributed by atoms with Gasteiger partial charge in [0.25, 0.3) is 0 Å². The molecule has 16 heavy (non-hydrogen) atoms. The Balaban J connectivity index is 2.42. The summed E-state index contributed by atoms with van der Waals surface area (Å²) in [6.45, 7) is 1.96. The molecule has 0 aromatic carbocycles. The summed E-state index contributed by atoms with van der Waals surface area (Å²) in [5, 5.41) is 0. The van der Waals surface area contributed by atoms with E-state index in [1.807, 2.05) is 19.1 Å². The molecular formula is C10H5Br3OS2. The Morgan fingerprint density at radius 3 is 2.31 bits per heavy atom. The van der Waals surface area contributed by atoms with E-state index in [0.29, 0.717) is 0 Å². The molecule has 0 saturated carbocycles. The zero-order chi connectivity index (χ0) is 11.9. The zero-order valence-electron chi connectivity index (χ0n) is 8.01. The Labute approximate surface area is 126 Å². The molecule has 0 radical (unpaired) electrons. The summed E-state index contributed by atoms with van der Waals surface area (Å²) in [6.07, 6.45) is 0. The lowest BCUT2D eigenvalue weighted by Gasteiger charge is -1.94. The summed E-state index contributed by atoms with van der Waals surface area (Å²) < 4.78 is 2.86. The second-order valence-electron chi connectivity index (χ2n) is 3.08. The van der Waals surface area contributed by atoms with Crippen LogP contribution in [0.5, 0.6) is 0 Å². The average Bonchev–Trinajstić information content (AvgIpc) is 2.70. The fraction of sp³-hybridized carbons (Fsp3) is 0.100. The molecule has 0 bridgehead atoms. The van der Waals surface area contributed by atoms with E-state index in [0.717, 1.165) is 27.4 Å². The highest BCUT2D eigenvalue weighted by atomic mass is 79.9. The predicted octanol–water partition coefficient (Wildman–Crippen LogP) is 5.64. The van der Waals surface area contributed by atoms with Gasteiger partial charge in [0.15, 0.2) is 0 Å². The van der Waals surface area contributed by atoms with Crippen LogP contribution in [0.2, 0.25) is 0 Å². The maximum atomic E-state index is 12.2. The van der Waals surface area contributed by atoms with Crippen molar-refractivity contribution in [3.8, 4) is 0 Å². The third-order valence-corrected chi connectivity index (χ3v) is 6.81. The summed E-state index contributed by atoms with van der Waals surface area (Å²) in [7, 11) is 0. The third-order valence-electron chi connectivity index (χ3n) is 2.00. The highest BCUT2D eigenvalue weighted by Gasteiger charge is 2.17. The molecule has 0 aliphatic rings. The van der Waals surface area contributed by atoms with E-state index >= 15 is 0 Å². The first-order chi connectivity index (χ1) is 7.49. The molecule has 0 spiro atoms. The summed E-state index contributed by atoms with van der Waals surface area (Å²) >= 11 is 13.2. The normalized spacial score (nSPS) is 10.8. The van der Waals surface area contributed by atoms with Crippen molar-refractivity contribution >= 4 is 76.2 Å². The molecule has 0 unspecified atom stereocenters. The van der Waals surface area contributed by atoms with Crippen LogP contribution in [-0.2, 0) is 0 Å².